The Bertz CT molecular complexity index is 441. The van der Waals surface area contributed by atoms with E-state index in [0.717, 1.165) is 24.2 Å². The molecule has 1 aliphatic carbocycles. The Morgan fingerprint density at radius 3 is 2.72 bits per heavy atom. The van der Waals surface area contributed by atoms with Crippen molar-refractivity contribution in [1.82, 2.24) is 5.32 Å². The van der Waals surface area contributed by atoms with Gasteiger partial charge in [-0.05, 0) is 25.8 Å². The Labute approximate surface area is 108 Å². The van der Waals surface area contributed by atoms with Crippen LogP contribution >= 0.6 is 0 Å². The topological polar surface area (TPSA) is 64.3 Å². The van der Waals surface area contributed by atoms with Crippen LogP contribution in [0.5, 0.6) is 5.75 Å². The molecule has 1 atom stereocenters. The van der Waals surface area contributed by atoms with Crippen LogP contribution < -0.4 is 15.8 Å². The van der Waals surface area contributed by atoms with E-state index in [1.54, 1.807) is 7.11 Å². The SMILES string of the molecule is COc1ccccc1[C@@H](C)NC(=O)C1(CN)CC1. The predicted molar refractivity (Wildman–Crippen MR) is 70.3 cm³/mol. The van der Waals surface area contributed by atoms with E-state index in [1.165, 1.54) is 0 Å². The van der Waals surface area contributed by atoms with Crippen LogP contribution in [0.15, 0.2) is 24.3 Å². The van der Waals surface area contributed by atoms with Gasteiger partial charge in [-0.3, -0.25) is 4.79 Å². The van der Waals surface area contributed by atoms with Crippen molar-refractivity contribution in [2.75, 3.05) is 13.7 Å². The number of rotatable bonds is 5. The second-order valence-electron chi connectivity index (χ2n) is 4.92. The highest BCUT2D eigenvalue weighted by molar-refractivity contribution is 5.85. The van der Waals surface area contributed by atoms with Crippen molar-refractivity contribution in [3.63, 3.8) is 0 Å². The van der Waals surface area contributed by atoms with Gasteiger partial charge in [-0.2, -0.15) is 0 Å². The third kappa shape index (κ3) is 2.34. The molecule has 1 aliphatic rings. The summed E-state index contributed by atoms with van der Waals surface area (Å²) in [6, 6.07) is 7.65. The van der Waals surface area contributed by atoms with Gasteiger partial charge in [0.15, 0.2) is 0 Å². The Kier molecular flexibility index (Phi) is 3.57. The van der Waals surface area contributed by atoms with Crippen LogP contribution in [-0.2, 0) is 4.79 Å². The van der Waals surface area contributed by atoms with Gasteiger partial charge in [0.05, 0.1) is 18.6 Å². The van der Waals surface area contributed by atoms with Crippen LogP contribution in [0.4, 0.5) is 0 Å². The van der Waals surface area contributed by atoms with Gasteiger partial charge in [0.25, 0.3) is 0 Å². The summed E-state index contributed by atoms with van der Waals surface area (Å²) < 4.78 is 5.30. The van der Waals surface area contributed by atoms with Crippen molar-refractivity contribution in [2.24, 2.45) is 11.1 Å². The van der Waals surface area contributed by atoms with Crippen molar-refractivity contribution in [1.29, 1.82) is 0 Å². The Morgan fingerprint density at radius 1 is 1.50 bits per heavy atom. The van der Waals surface area contributed by atoms with Gasteiger partial charge in [0, 0.05) is 12.1 Å². The number of methoxy groups -OCH3 is 1. The summed E-state index contributed by atoms with van der Waals surface area (Å²) in [4.78, 5) is 12.1. The average molecular weight is 248 g/mol. The van der Waals surface area contributed by atoms with E-state index in [0.29, 0.717) is 6.54 Å². The molecule has 1 saturated carbocycles. The smallest absolute Gasteiger partial charge is 0.227 e. The first kappa shape index (κ1) is 12.9. The quantitative estimate of drug-likeness (QED) is 0.832. The number of benzene rings is 1. The molecule has 0 aromatic heterocycles. The van der Waals surface area contributed by atoms with Crippen LogP contribution in [0.3, 0.4) is 0 Å². The highest BCUT2D eigenvalue weighted by Crippen LogP contribution is 2.45. The van der Waals surface area contributed by atoms with Gasteiger partial charge in [-0.15, -0.1) is 0 Å². The molecule has 0 spiro atoms. The van der Waals surface area contributed by atoms with Gasteiger partial charge in [-0.25, -0.2) is 0 Å². The van der Waals surface area contributed by atoms with Crippen molar-refractivity contribution in [2.45, 2.75) is 25.8 Å². The Hall–Kier alpha value is -1.55. The van der Waals surface area contributed by atoms with Crippen LogP contribution in [0.25, 0.3) is 0 Å². The fourth-order valence-corrected chi connectivity index (χ4v) is 2.13. The molecule has 0 aliphatic heterocycles. The second-order valence-corrected chi connectivity index (χ2v) is 4.92. The summed E-state index contributed by atoms with van der Waals surface area (Å²) in [5, 5.41) is 3.03. The standard InChI is InChI=1S/C14H20N2O2/c1-10(11-5-3-4-6-12(11)18-2)16-13(17)14(9-15)7-8-14/h3-6,10H,7-9,15H2,1-2H3,(H,16,17)/t10-/m1/s1. The van der Waals surface area contributed by atoms with E-state index in [4.69, 9.17) is 10.5 Å². The number of carbonyl (C=O) groups excluding carboxylic acids is 1. The van der Waals surface area contributed by atoms with Crippen LogP contribution in [0, 0.1) is 5.41 Å². The maximum atomic E-state index is 12.1. The van der Waals surface area contributed by atoms with Crippen molar-refractivity contribution >= 4 is 5.91 Å². The van der Waals surface area contributed by atoms with E-state index in [-0.39, 0.29) is 17.4 Å². The van der Waals surface area contributed by atoms with E-state index >= 15 is 0 Å². The van der Waals surface area contributed by atoms with Gasteiger partial charge in [0.2, 0.25) is 5.91 Å². The van der Waals surface area contributed by atoms with E-state index in [9.17, 15) is 4.79 Å². The largest absolute Gasteiger partial charge is 0.496 e. The summed E-state index contributed by atoms with van der Waals surface area (Å²) in [6.07, 6.45) is 1.79. The van der Waals surface area contributed by atoms with E-state index in [1.807, 2.05) is 31.2 Å². The zero-order chi connectivity index (χ0) is 13.2. The molecule has 3 N–H and O–H groups in total. The van der Waals surface area contributed by atoms with Crippen molar-refractivity contribution in [3.8, 4) is 5.75 Å². The molecule has 0 radical (unpaired) electrons. The number of ether oxygens (including phenoxy) is 1. The predicted octanol–water partition coefficient (Wildman–Crippen LogP) is 1.61. The number of amides is 1. The maximum absolute atomic E-state index is 12.1. The molecule has 0 saturated heterocycles. The molecule has 4 heteroatoms. The third-order valence-electron chi connectivity index (χ3n) is 3.68. The molecule has 4 nitrogen and oxygen atoms in total. The van der Waals surface area contributed by atoms with Gasteiger partial charge in [-0.1, -0.05) is 18.2 Å². The molecular weight excluding hydrogens is 228 g/mol. The maximum Gasteiger partial charge on any atom is 0.227 e. The summed E-state index contributed by atoms with van der Waals surface area (Å²) >= 11 is 0. The first-order valence-corrected chi connectivity index (χ1v) is 6.27. The van der Waals surface area contributed by atoms with Gasteiger partial charge >= 0.3 is 0 Å². The van der Waals surface area contributed by atoms with E-state index in [2.05, 4.69) is 5.32 Å². The molecule has 18 heavy (non-hydrogen) atoms. The summed E-state index contributed by atoms with van der Waals surface area (Å²) in [7, 11) is 1.63. The molecule has 1 aromatic carbocycles. The molecule has 1 aromatic rings. The lowest BCUT2D eigenvalue weighted by Gasteiger charge is -2.20. The van der Waals surface area contributed by atoms with Crippen LogP contribution in [-0.4, -0.2) is 19.6 Å². The first-order chi connectivity index (χ1) is 8.63. The molecule has 0 heterocycles. The summed E-state index contributed by atoms with van der Waals surface area (Å²) in [6.45, 7) is 2.39. The molecular formula is C14H20N2O2. The number of para-hydroxylation sites is 1. The normalized spacial score (nSPS) is 17.9. The lowest BCUT2D eigenvalue weighted by molar-refractivity contribution is -0.126. The molecule has 1 fully saturated rings. The highest BCUT2D eigenvalue weighted by Gasteiger charge is 2.48. The second kappa shape index (κ2) is 4.98. The number of hydrogen-bond acceptors (Lipinski definition) is 3. The molecule has 0 unspecified atom stereocenters. The zero-order valence-electron chi connectivity index (χ0n) is 10.9. The van der Waals surface area contributed by atoms with Crippen molar-refractivity contribution in [3.05, 3.63) is 29.8 Å². The van der Waals surface area contributed by atoms with Crippen LogP contribution in [0.2, 0.25) is 0 Å². The van der Waals surface area contributed by atoms with Crippen LogP contribution in [0.1, 0.15) is 31.4 Å². The number of hydrogen-bond donors (Lipinski definition) is 2. The minimum atomic E-state index is -0.309. The summed E-state index contributed by atoms with van der Waals surface area (Å²) in [5.74, 6) is 0.853. The minimum Gasteiger partial charge on any atom is -0.496 e. The fourth-order valence-electron chi connectivity index (χ4n) is 2.13. The van der Waals surface area contributed by atoms with Gasteiger partial charge < -0.3 is 15.8 Å². The zero-order valence-corrected chi connectivity index (χ0v) is 10.9. The molecule has 98 valence electrons. The van der Waals surface area contributed by atoms with E-state index < -0.39 is 0 Å². The third-order valence-corrected chi connectivity index (χ3v) is 3.68. The monoisotopic (exact) mass is 248 g/mol. The minimum absolute atomic E-state index is 0.0587. The average Bonchev–Trinajstić information content (AvgIpc) is 3.19. The number of nitrogens with two attached hydrogens (primary N) is 1. The summed E-state index contributed by atoms with van der Waals surface area (Å²) in [5.41, 5.74) is 6.33. The van der Waals surface area contributed by atoms with Gasteiger partial charge in [0.1, 0.15) is 5.75 Å². The Morgan fingerprint density at radius 2 is 2.17 bits per heavy atom. The lowest BCUT2D eigenvalue weighted by atomic mass is 10.0. The highest BCUT2D eigenvalue weighted by atomic mass is 16.5. The molecule has 2 rings (SSSR count). The lowest BCUT2D eigenvalue weighted by Crippen LogP contribution is -2.38. The number of carbonyl (C=O) groups is 1. The first-order valence-electron chi connectivity index (χ1n) is 6.27. The van der Waals surface area contributed by atoms with Crippen molar-refractivity contribution < 1.29 is 9.53 Å². The number of nitrogens with one attached hydrogen (secondary N) is 1. The molecule has 1 amide bonds. The molecule has 0 bridgehead atoms. The Balaban J connectivity index is 2.08. The fraction of sp³-hybridized carbons (Fsp3) is 0.500.